The molecule has 1 aliphatic rings. The summed E-state index contributed by atoms with van der Waals surface area (Å²) in [6.07, 6.45) is 0. The Morgan fingerprint density at radius 2 is 0.733 bits per heavy atom. The average Bonchev–Trinajstić information content (AvgIpc) is 3.83. The number of benzene rings is 12. The first-order valence-electron chi connectivity index (χ1n) is 25.7. The van der Waals surface area contributed by atoms with Crippen LogP contribution in [0.5, 0.6) is 0 Å². The van der Waals surface area contributed by atoms with Crippen LogP contribution in [0.3, 0.4) is 0 Å². The molecule has 0 atom stereocenters. The summed E-state index contributed by atoms with van der Waals surface area (Å²) in [6.45, 7) is 0. The molecule has 0 N–H and O–H groups in total. The molecular weight excluding hydrogens is 909 g/mol. The first-order chi connectivity index (χ1) is 37.2. The van der Waals surface area contributed by atoms with Crippen molar-refractivity contribution in [2.24, 2.45) is 0 Å². The SMILES string of the molecule is c1ccc(-c2ccccc2N(c2ccc3c(c2)-c2ccccc2-c2ccccc2N3c2ccccc2)c2ccc3c(c2)c2ccccc2c2ccccc2c2ccccc2c2c3ccc3c4ccccc4oc32)cc1. The van der Waals surface area contributed by atoms with Gasteiger partial charge in [-0.1, -0.05) is 212 Å². The van der Waals surface area contributed by atoms with E-state index in [9.17, 15) is 0 Å². The summed E-state index contributed by atoms with van der Waals surface area (Å²) in [5.74, 6) is 0. The topological polar surface area (TPSA) is 19.6 Å². The molecule has 3 nitrogen and oxygen atoms in total. The molecule has 0 bridgehead atoms. The lowest BCUT2D eigenvalue weighted by Crippen LogP contribution is -2.13. The number of nitrogens with zero attached hydrogens (tertiary/aromatic N) is 2. The molecule has 0 unspecified atom stereocenters. The fourth-order valence-corrected chi connectivity index (χ4v) is 12.1. The van der Waals surface area contributed by atoms with E-state index < -0.39 is 0 Å². The van der Waals surface area contributed by atoms with Gasteiger partial charge < -0.3 is 14.2 Å². The van der Waals surface area contributed by atoms with Crippen LogP contribution in [0, 0.1) is 0 Å². The van der Waals surface area contributed by atoms with E-state index in [4.69, 9.17) is 4.42 Å². The molecule has 0 amide bonds. The van der Waals surface area contributed by atoms with Gasteiger partial charge >= 0.3 is 0 Å². The molecule has 0 radical (unpaired) electrons. The highest BCUT2D eigenvalue weighted by Crippen LogP contribution is 2.53. The minimum absolute atomic E-state index is 0.878. The van der Waals surface area contributed by atoms with E-state index in [0.29, 0.717) is 0 Å². The molecule has 15 rings (SSSR count). The van der Waals surface area contributed by atoms with Crippen molar-refractivity contribution < 1.29 is 4.42 Å². The maximum absolute atomic E-state index is 7.01. The molecular formula is C72H46N2O. The third kappa shape index (κ3) is 6.83. The fraction of sp³-hybridized carbons (Fsp3) is 0. The Balaban J connectivity index is 1.09. The Morgan fingerprint density at radius 3 is 1.45 bits per heavy atom. The third-order valence-corrected chi connectivity index (χ3v) is 15.4. The van der Waals surface area contributed by atoms with Gasteiger partial charge in [0, 0.05) is 49.9 Å². The molecule has 0 fully saturated rings. The van der Waals surface area contributed by atoms with Crippen LogP contribution in [-0.4, -0.2) is 0 Å². The number of rotatable bonds is 5. The molecule has 0 saturated heterocycles. The Bertz CT molecular complexity index is 4670. The van der Waals surface area contributed by atoms with E-state index in [1.54, 1.807) is 0 Å². The second kappa shape index (κ2) is 17.4. The number of furan rings is 1. The number of hydrogen-bond donors (Lipinski definition) is 0. The summed E-state index contributed by atoms with van der Waals surface area (Å²) < 4.78 is 7.01. The molecule has 1 aliphatic heterocycles. The van der Waals surface area contributed by atoms with E-state index in [-0.39, 0.29) is 0 Å². The average molecular weight is 955 g/mol. The van der Waals surface area contributed by atoms with Crippen molar-refractivity contribution in [3.63, 3.8) is 0 Å². The molecule has 14 aromatic rings. The highest BCUT2D eigenvalue weighted by molar-refractivity contribution is 6.31. The first kappa shape index (κ1) is 42.7. The van der Waals surface area contributed by atoms with Gasteiger partial charge in [-0.2, -0.15) is 0 Å². The summed E-state index contributed by atoms with van der Waals surface area (Å²) in [5, 5.41) is 13.6. The molecule has 13 aromatic carbocycles. The quantitative estimate of drug-likeness (QED) is 0.171. The largest absolute Gasteiger partial charge is 0.455 e. The van der Waals surface area contributed by atoms with Gasteiger partial charge in [-0.25, -0.2) is 0 Å². The normalized spacial score (nSPS) is 12.0. The Kier molecular flexibility index (Phi) is 9.89. The van der Waals surface area contributed by atoms with Crippen molar-refractivity contribution in [2.45, 2.75) is 0 Å². The number of anilines is 6. The molecule has 0 spiro atoms. The van der Waals surface area contributed by atoms with Gasteiger partial charge in [0.1, 0.15) is 11.2 Å². The standard InChI is InChI=1S/C72H46N2O/c1-3-21-47(22-4-1)51-25-15-18-36-67(51)73(50-40-44-69-66(46-50)58-32-12-10-29-55(58)60-33-16-19-37-68(60)74(69)48-23-5-2-6-24-48)49-39-41-59-63-42-43-64-61-34-17-20-38-70(61)75-72(64)71(63)62-35-14-13-30-56(62)53-27-8-7-26-52(53)54-28-9-11-31-57(54)65(59)45-49/h1-46H. The number of para-hydroxylation sites is 4. The van der Waals surface area contributed by atoms with Gasteiger partial charge in [-0.15, -0.1) is 0 Å². The van der Waals surface area contributed by atoms with Crippen LogP contribution in [0.2, 0.25) is 0 Å². The van der Waals surface area contributed by atoms with Gasteiger partial charge in [0.25, 0.3) is 0 Å². The van der Waals surface area contributed by atoms with Gasteiger partial charge in [0.05, 0.1) is 17.1 Å². The summed E-state index contributed by atoms with van der Waals surface area (Å²) in [7, 11) is 0. The zero-order chi connectivity index (χ0) is 49.4. The predicted octanol–water partition coefficient (Wildman–Crippen LogP) is 20.7. The maximum atomic E-state index is 7.01. The van der Waals surface area contributed by atoms with Crippen molar-refractivity contribution >= 4 is 110 Å². The van der Waals surface area contributed by atoms with Gasteiger partial charge in [-0.3, -0.25) is 0 Å². The summed E-state index contributed by atoms with van der Waals surface area (Å²) in [6, 6.07) is 102. The van der Waals surface area contributed by atoms with E-state index in [1.165, 1.54) is 38.2 Å². The maximum Gasteiger partial charge on any atom is 0.143 e. The molecule has 75 heavy (non-hydrogen) atoms. The van der Waals surface area contributed by atoms with Crippen molar-refractivity contribution in [3.05, 3.63) is 279 Å². The predicted molar refractivity (Wildman–Crippen MR) is 318 cm³/mol. The van der Waals surface area contributed by atoms with Gasteiger partial charge in [-0.05, 0) is 132 Å². The fourth-order valence-electron chi connectivity index (χ4n) is 12.1. The minimum Gasteiger partial charge on any atom is -0.455 e. The van der Waals surface area contributed by atoms with E-state index in [2.05, 4.69) is 289 Å². The molecule has 1 aromatic heterocycles. The van der Waals surface area contributed by atoms with Crippen LogP contribution in [-0.2, 0) is 0 Å². The van der Waals surface area contributed by atoms with Crippen LogP contribution in [0.15, 0.2) is 283 Å². The lowest BCUT2D eigenvalue weighted by atomic mass is 9.93. The number of hydrogen-bond acceptors (Lipinski definition) is 3. The van der Waals surface area contributed by atoms with Gasteiger partial charge in [0.2, 0.25) is 0 Å². The summed E-state index contributed by atoms with van der Waals surface area (Å²) in [4.78, 5) is 4.90. The molecule has 0 saturated carbocycles. The van der Waals surface area contributed by atoms with Crippen LogP contribution < -0.4 is 9.80 Å². The Hall–Kier alpha value is -9.96. The van der Waals surface area contributed by atoms with E-state index in [1.807, 2.05) is 0 Å². The summed E-state index contributed by atoms with van der Waals surface area (Å²) >= 11 is 0. The molecule has 0 aliphatic carbocycles. The monoisotopic (exact) mass is 954 g/mol. The van der Waals surface area contributed by atoms with Crippen LogP contribution in [0.4, 0.5) is 34.1 Å². The second-order valence-corrected chi connectivity index (χ2v) is 19.5. The zero-order valence-corrected chi connectivity index (χ0v) is 40.9. The molecule has 350 valence electrons. The van der Waals surface area contributed by atoms with Crippen molar-refractivity contribution in [2.75, 3.05) is 9.80 Å². The van der Waals surface area contributed by atoms with Crippen LogP contribution in [0.25, 0.3) is 109 Å². The lowest BCUT2D eigenvalue weighted by molar-refractivity contribution is 0.673. The van der Waals surface area contributed by atoms with E-state index >= 15 is 0 Å². The Labute approximate surface area is 434 Å². The van der Waals surface area contributed by atoms with E-state index in [0.717, 1.165) is 105 Å². The van der Waals surface area contributed by atoms with Crippen LogP contribution >= 0.6 is 0 Å². The van der Waals surface area contributed by atoms with Crippen LogP contribution in [0.1, 0.15) is 0 Å². The highest BCUT2D eigenvalue weighted by atomic mass is 16.3. The van der Waals surface area contributed by atoms with Gasteiger partial charge in [0.15, 0.2) is 0 Å². The lowest BCUT2D eigenvalue weighted by Gasteiger charge is -2.31. The first-order valence-corrected chi connectivity index (χ1v) is 25.7. The zero-order valence-electron chi connectivity index (χ0n) is 40.9. The van der Waals surface area contributed by atoms with Crippen molar-refractivity contribution in [3.8, 4) is 33.4 Å². The van der Waals surface area contributed by atoms with Crippen molar-refractivity contribution in [1.29, 1.82) is 0 Å². The smallest absolute Gasteiger partial charge is 0.143 e. The molecule has 2 heterocycles. The number of fused-ring (bicyclic) bond motifs is 19. The minimum atomic E-state index is 0.878. The van der Waals surface area contributed by atoms with Crippen molar-refractivity contribution in [1.82, 2.24) is 0 Å². The second-order valence-electron chi connectivity index (χ2n) is 19.5. The Morgan fingerprint density at radius 1 is 0.280 bits per heavy atom. The molecule has 3 heteroatoms. The summed E-state index contributed by atoms with van der Waals surface area (Å²) in [5.41, 5.74) is 15.3. The highest BCUT2D eigenvalue weighted by Gasteiger charge is 2.28. The third-order valence-electron chi connectivity index (χ3n) is 15.4.